The van der Waals surface area contributed by atoms with E-state index in [1.165, 1.54) is 11.0 Å². The van der Waals surface area contributed by atoms with Gasteiger partial charge in [-0.25, -0.2) is 8.78 Å². The normalized spacial score (nSPS) is 17.2. The van der Waals surface area contributed by atoms with Gasteiger partial charge in [-0.15, -0.1) is 11.8 Å². The van der Waals surface area contributed by atoms with Crippen molar-refractivity contribution in [3.05, 3.63) is 65.2 Å². The Labute approximate surface area is 139 Å². The molecule has 3 rings (SSSR count). The molecule has 2 aromatic carbocycles. The van der Waals surface area contributed by atoms with Crippen LogP contribution in [0.4, 0.5) is 8.78 Å². The molecule has 2 aromatic rings. The van der Waals surface area contributed by atoms with Gasteiger partial charge in [0.15, 0.2) is 0 Å². The summed E-state index contributed by atoms with van der Waals surface area (Å²) in [7, 11) is 0. The molecule has 1 aliphatic rings. The Morgan fingerprint density at radius 2 is 1.74 bits per heavy atom. The third kappa shape index (κ3) is 3.74. The maximum Gasteiger partial charge on any atom is 0.131 e. The standard InChI is InChI=1S/C18H20F2N2S/c1-23-15-5-2-13(3-6-15)18(22-10-8-21-9-11-22)16-7-4-14(19)12-17(16)20/h2-7,12,18,21H,8-11H2,1H3. The second kappa shape index (κ2) is 7.43. The summed E-state index contributed by atoms with van der Waals surface area (Å²) >= 11 is 1.68. The average molecular weight is 334 g/mol. The fraction of sp³-hybridized carbons (Fsp3) is 0.333. The van der Waals surface area contributed by atoms with E-state index in [1.807, 2.05) is 18.4 Å². The molecule has 0 saturated carbocycles. The minimum Gasteiger partial charge on any atom is -0.314 e. The largest absolute Gasteiger partial charge is 0.314 e. The van der Waals surface area contributed by atoms with Crippen molar-refractivity contribution in [1.82, 2.24) is 10.2 Å². The molecule has 1 aliphatic heterocycles. The van der Waals surface area contributed by atoms with Crippen LogP contribution in [-0.4, -0.2) is 37.3 Å². The predicted octanol–water partition coefficient (Wildman–Crippen LogP) is 3.68. The van der Waals surface area contributed by atoms with Crippen LogP contribution in [0.3, 0.4) is 0 Å². The summed E-state index contributed by atoms with van der Waals surface area (Å²) in [5.74, 6) is -1.02. The lowest BCUT2D eigenvalue weighted by Crippen LogP contribution is -2.45. The molecule has 23 heavy (non-hydrogen) atoms. The van der Waals surface area contributed by atoms with Crippen molar-refractivity contribution in [3.8, 4) is 0 Å². The molecule has 2 nitrogen and oxygen atoms in total. The molecule has 1 atom stereocenters. The number of hydrogen-bond acceptors (Lipinski definition) is 3. The topological polar surface area (TPSA) is 15.3 Å². The first kappa shape index (κ1) is 16.4. The minimum absolute atomic E-state index is 0.186. The van der Waals surface area contributed by atoms with E-state index in [-0.39, 0.29) is 6.04 Å². The Morgan fingerprint density at radius 3 is 2.35 bits per heavy atom. The first-order chi connectivity index (χ1) is 11.2. The van der Waals surface area contributed by atoms with Crippen LogP contribution in [-0.2, 0) is 0 Å². The second-order valence-corrected chi connectivity index (χ2v) is 6.51. The number of hydrogen-bond donors (Lipinski definition) is 1. The Bertz CT molecular complexity index is 655. The molecular formula is C18H20F2N2S. The van der Waals surface area contributed by atoms with Crippen LogP contribution in [0, 0.1) is 11.6 Å². The fourth-order valence-corrected chi connectivity index (χ4v) is 3.45. The zero-order chi connectivity index (χ0) is 16.2. The summed E-state index contributed by atoms with van der Waals surface area (Å²) in [5, 5.41) is 3.32. The van der Waals surface area contributed by atoms with E-state index in [0.717, 1.165) is 37.8 Å². The second-order valence-electron chi connectivity index (χ2n) is 5.63. The molecule has 0 amide bonds. The van der Waals surface area contributed by atoms with Crippen molar-refractivity contribution in [3.63, 3.8) is 0 Å². The molecule has 1 unspecified atom stereocenters. The van der Waals surface area contributed by atoms with Crippen LogP contribution in [0.5, 0.6) is 0 Å². The quantitative estimate of drug-likeness (QED) is 0.859. The lowest BCUT2D eigenvalue weighted by atomic mass is 9.96. The summed E-state index contributed by atoms with van der Waals surface area (Å²) in [6, 6.07) is 11.9. The number of piperazine rings is 1. The zero-order valence-electron chi connectivity index (χ0n) is 13.1. The van der Waals surface area contributed by atoms with Crippen molar-refractivity contribution in [2.24, 2.45) is 0 Å². The van der Waals surface area contributed by atoms with Crippen molar-refractivity contribution >= 4 is 11.8 Å². The van der Waals surface area contributed by atoms with Gasteiger partial charge in [-0.3, -0.25) is 4.90 Å². The number of nitrogens with zero attached hydrogens (tertiary/aromatic N) is 1. The zero-order valence-corrected chi connectivity index (χ0v) is 13.9. The van der Waals surface area contributed by atoms with E-state index < -0.39 is 11.6 Å². The highest BCUT2D eigenvalue weighted by Gasteiger charge is 2.26. The number of rotatable bonds is 4. The third-order valence-electron chi connectivity index (χ3n) is 4.21. The third-order valence-corrected chi connectivity index (χ3v) is 4.95. The van der Waals surface area contributed by atoms with Crippen molar-refractivity contribution in [2.45, 2.75) is 10.9 Å². The molecule has 122 valence electrons. The summed E-state index contributed by atoms with van der Waals surface area (Å²) in [6.07, 6.45) is 2.03. The number of halogens is 2. The van der Waals surface area contributed by atoms with Crippen molar-refractivity contribution in [2.75, 3.05) is 32.4 Å². The molecule has 0 radical (unpaired) electrons. The minimum atomic E-state index is -0.539. The van der Waals surface area contributed by atoms with Crippen molar-refractivity contribution in [1.29, 1.82) is 0 Å². The van der Waals surface area contributed by atoms with Crippen LogP contribution in [0.25, 0.3) is 0 Å². The van der Waals surface area contributed by atoms with Gasteiger partial charge in [-0.1, -0.05) is 18.2 Å². The Balaban J connectivity index is 2.01. The first-order valence-electron chi connectivity index (χ1n) is 7.72. The van der Waals surface area contributed by atoms with E-state index in [0.29, 0.717) is 5.56 Å². The average Bonchev–Trinajstić information content (AvgIpc) is 2.59. The molecule has 1 fully saturated rings. The molecule has 1 heterocycles. The lowest BCUT2D eigenvalue weighted by Gasteiger charge is -2.35. The van der Waals surface area contributed by atoms with Crippen molar-refractivity contribution < 1.29 is 8.78 Å². The van der Waals surface area contributed by atoms with Gasteiger partial charge in [0.05, 0.1) is 6.04 Å². The molecule has 0 bridgehead atoms. The summed E-state index contributed by atoms with van der Waals surface area (Å²) in [5.41, 5.74) is 1.57. The lowest BCUT2D eigenvalue weighted by molar-refractivity contribution is 0.195. The number of benzene rings is 2. The van der Waals surface area contributed by atoms with Gasteiger partial charge >= 0.3 is 0 Å². The van der Waals surface area contributed by atoms with Gasteiger partial charge in [0.1, 0.15) is 11.6 Å². The Morgan fingerprint density at radius 1 is 1.04 bits per heavy atom. The van der Waals surface area contributed by atoms with Crippen LogP contribution in [0.2, 0.25) is 0 Å². The van der Waals surface area contributed by atoms with Gasteiger partial charge in [0, 0.05) is 42.7 Å². The van der Waals surface area contributed by atoms with E-state index in [9.17, 15) is 8.78 Å². The molecule has 0 aromatic heterocycles. The van der Waals surface area contributed by atoms with Gasteiger partial charge in [-0.2, -0.15) is 0 Å². The Hall–Kier alpha value is -1.43. The van der Waals surface area contributed by atoms with Gasteiger partial charge in [-0.05, 0) is 30.0 Å². The van der Waals surface area contributed by atoms with Crippen LogP contribution in [0.15, 0.2) is 47.4 Å². The summed E-state index contributed by atoms with van der Waals surface area (Å²) in [6.45, 7) is 3.43. The van der Waals surface area contributed by atoms with Crippen LogP contribution >= 0.6 is 11.8 Å². The Kier molecular flexibility index (Phi) is 5.30. The smallest absolute Gasteiger partial charge is 0.131 e. The monoisotopic (exact) mass is 334 g/mol. The molecular weight excluding hydrogens is 314 g/mol. The van der Waals surface area contributed by atoms with E-state index in [1.54, 1.807) is 17.8 Å². The maximum atomic E-state index is 14.4. The van der Waals surface area contributed by atoms with Gasteiger partial charge in [0.25, 0.3) is 0 Å². The summed E-state index contributed by atoms with van der Waals surface area (Å²) < 4.78 is 27.7. The fourth-order valence-electron chi connectivity index (χ4n) is 3.04. The molecule has 5 heteroatoms. The predicted molar refractivity (Wildman–Crippen MR) is 90.9 cm³/mol. The highest BCUT2D eigenvalue weighted by molar-refractivity contribution is 7.98. The van der Waals surface area contributed by atoms with E-state index in [2.05, 4.69) is 22.3 Å². The highest BCUT2D eigenvalue weighted by atomic mass is 32.2. The molecule has 1 N–H and O–H groups in total. The van der Waals surface area contributed by atoms with Gasteiger partial charge in [0.2, 0.25) is 0 Å². The SMILES string of the molecule is CSc1ccc(C(c2ccc(F)cc2F)N2CCNCC2)cc1. The summed E-state index contributed by atoms with van der Waals surface area (Å²) in [4.78, 5) is 3.42. The first-order valence-corrected chi connectivity index (χ1v) is 8.95. The van der Waals surface area contributed by atoms with E-state index in [4.69, 9.17) is 0 Å². The van der Waals surface area contributed by atoms with E-state index >= 15 is 0 Å². The number of nitrogens with one attached hydrogen (secondary N) is 1. The van der Waals surface area contributed by atoms with Gasteiger partial charge < -0.3 is 5.32 Å². The molecule has 0 aliphatic carbocycles. The maximum absolute atomic E-state index is 14.4. The van der Waals surface area contributed by atoms with Crippen LogP contribution in [0.1, 0.15) is 17.2 Å². The van der Waals surface area contributed by atoms with Crippen LogP contribution < -0.4 is 5.32 Å². The molecule has 0 spiro atoms. The highest BCUT2D eigenvalue weighted by Crippen LogP contribution is 2.32. The molecule has 1 saturated heterocycles. The number of thioether (sulfide) groups is 1.